The predicted octanol–water partition coefficient (Wildman–Crippen LogP) is 3.55. The van der Waals surface area contributed by atoms with Crippen molar-refractivity contribution in [1.82, 2.24) is 20.4 Å². The van der Waals surface area contributed by atoms with Gasteiger partial charge in [-0.25, -0.2) is 0 Å². The van der Waals surface area contributed by atoms with Gasteiger partial charge in [-0.05, 0) is 58.7 Å². The lowest BCUT2D eigenvalue weighted by Gasteiger charge is -2.33. The van der Waals surface area contributed by atoms with Crippen LogP contribution in [0.2, 0.25) is 0 Å². The Morgan fingerprint density at radius 3 is 2.46 bits per heavy atom. The minimum Gasteiger partial charge on any atom is -0.356 e. The van der Waals surface area contributed by atoms with Gasteiger partial charge >= 0.3 is 0 Å². The standard InChI is InChI=1S/C22H39N5.HI/c1-19(2)26(4)15-9-8-14-24-22(23-3)25-21-12-16-27(17-13-21)18-20-10-6-5-7-11-20;/h5-7,10-11,19,21H,8-9,12-18H2,1-4H3,(H2,23,24,25);1H. The Morgan fingerprint density at radius 1 is 1.18 bits per heavy atom. The van der Waals surface area contributed by atoms with Crippen molar-refractivity contribution in [1.29, 1.82) is 0 Å². The lowest BCUT2D eigenvalue weighted by Crippen LogP contribution is -2.48. The minimum absolute atomic E-state index is 0. The molecule has 1 aromatic rings. The van der Waals surface area contributed by atoms with Crippen LogP contribution in [0.5, 0.6) is 0 Å². The van der Waals surface area contributed by atoms with Crippen LogP contribution in [0.3, 0.4) is 0 Å². The van der Waals surface area contributed by atoms with Gasteiger partial charge in [0.05, 0.1) is 0 Å². The summed E-state index contributed by atoms with van der Waals surface area (Å²) in [6, 6.07) is 11.9. The molecule has 2 rings (SSSR count). The summed E-state index contributed by atoms with van der Waals surface area (Å²) in [7, 11) is 4.06. The zero-order valence-electron chi connectivity index (χ0n) is 18.2. The second kappa shape index (κ2) is 14.2. The number of aliphatic imine (C=N–C) groups is 1. The first-order valence-corrected chi connectivity index (χ1v) is 10.5. The number of unbranched alkanes of at least 4 members (excludes halogenated alkanes) is 1. The molecule has 1 aliphatic rings. The van der Waals surface area contributed by atoms with Crippen molar-refractivity contribution in [3.63, 3.8) is 0 Å². The van der Waals surface area contributed by atoms with Gasteiger partial charge in [0.25, 0.3) is 0 Å². The number of hydrogen-bond donors (Lipinski definition) is 2. The fourth-order valence-corrected chi connectivity index (χ4v) is 3.42. The number of halogens is 1. The Bertz CT molecular complexity index is 541. The molecule has 0 atom stereocenters. The number of nitrogens with one attached hydrogen (secondary N) is 2. The van der Waals surface area contributed by atoms with E-state index in [2.05, 4.69) is 76.7 Å². The van der Waals surface area contributed by atoms with E-state index in [-0.39, 0.29) is 24.0 Å². The van der Waals surface area contributed by atoms with Crippen LogP contribution < -0.4 is 10.6 Å². The van der Waals surface area contributed by atoms with Gasteiger partial charge in [0.2, 0.25) is 0 Å². The quantitative estimate of drug-likeness (QED) is 0.235. The van der Waals surface area contributed by atoms with Crippen molar-refractivity contribution >= 4 is 29.9 Å². The van der Waals surface area contributed by atoms with E-state index in [0.717, 1.165) is 38.7 Å². The van der Waals surface area contributed by atoms with Crippen LogP contribution in [0.25, 0.3) is 0 Å². The Balaban J connectivity index is 0.00000392. The summed E-state index contributed by atoms with van der Waals surface area (Å²) in [6.07, 6.45) is 4.74. The summed E-state index contributed by atoms with van der Waals surface area (Å²) >= 11 is 0. The molecule has 1 fully saturated rings. The van der Waals surface area contributed by atoms with Crippen molar-refractivity contribution in [3.05, 3.63) is 35.9 Å². The second-order valence-electron chi connectivity index (χ2n) is 7.96. The topological polar surface area (TPSA) is 42.9 Å². The number of nitrogens with zero attached hydrogens (tertiary/aromatic N) is 3. The van der Waals surface area contributed by atoms with Crippen molar-refractivity contribution < 1.29 is 0 Å². The average molecular weight is 502 g/mol. The Hall–Kier alpha value is -0.860. The second-order valence-corrected chi connectivity index (χ2v) is 7.96. The fraction of sp³-hybridized carbons (Fsp3) is 0.682. The van der Waals surface area contributed by atoms with E-state index in [4.69, 9.17) is 0 Å². The van der Waals surface area contributed by atoms with Crippen molar-refractivity contribution in [2.75, 3.05) is 40.3 Å². The highest BCUT2D eigenvalue weighted by atomic mass is 127. The maximum Gasteiger partial charge on any atom is 0.191 e. The first-order valence-electron chi connectivity index (χ1n) is 10.5. The molecule has 1 saturated heterocycles. The van der Waals surface area contributed by atoms with E-state index < -0.39 is 0 Å². The highest BCUT2D eigenvalue weighted by Gasteiger charge is 2.19. The van der Waals surface area contributed by atoms with Crippen molar-refractivity contribution in [3.8, 4) is 0 Å². The number of rotatable bonds is 9. The van der Waals surface area contributed by atoms with Gasteiger partial charge in [-0.1, -0.05) is 30.3 Å². The summed E-state index contributed by atoms with van der Waals surface area (Å²) in [6.45, 7) is 9.98. The van der Waals surface area contributed by atoms with Gasteiger partial charge in [0.15, 0.2) is 5.96 Å². The number of hydrogen-bond acceptors (Lipinski definition) is 3. The highest BCUT2D eigenvalue weighted by molar-refractivity contribution is 14.0. The Labute approximate surface area is 189 Å². The van der Waals surface area contributed by atoms with Gasteiger partial charge in [-0.15, -0.1) is 24.0 Å². The largest absolute Gasteiger partial charge is 0.356 e. The van der Waals surface area contributed by atoms with E-state index in [1.54, 1.807) is 0 Å². The van der Waals surface area contributed by atoms with Gasteiger partial charge in [-0.2, -0.15) is 0 Å². The van der Waals surface area contributed by atoms with E-state index in [9.17, 15) is 0 Å². The summed E-state index contributed by atoms with van der Waals surface area (Å²) in [5.41, 5.74) is 1.41. The number of guanidine groups is 1. The Kier molecular flexibility index (Phi) is 12.7. The molecule has 0 aliphatic carbocycles. The van der Waals surface area contributed by atoms with Gasteiger partial charge in [-0.3, -0.25) is 9.89 Å². The maximum absolute atomic E-state index is 4.40. The molecule has 0 unspecified atom stereocenters. The monoisotopic (exact) mass is 501 g/mol. The molecule has 0 aromatic heterocycles. The lowest BCUT2D eigenvalue weighted by molar-refractivity contribution is 0.198. The van der Waals surface area contributed by atoms with E-state index in [1.165, 1.54) is 31.2 Å². The Morgan fingerprint density at radius 2 is 1.86 bits per heavy atom. The van der Waals surface area contributed by atoms with Gasteiger partial charge < -0.3 is 15.5 Å². The first kappa shape index (κ1) is 25.2. The predicted molar refractivity (Wildman–Crippen MR) is 132 cm³/mol. The smallest absolute Gasteiger partial charge is 0.191 e. The maximum atomic E-state index is 4.40. The zero-order chi connectivity index (χ0) is 19.5. The third-order valence-electron chi connectivity index (χ3n) is 5.51. The lowest BCUT2D eigenvalue weighted by atomic mass is 10.0. The normalized spacial score (nSPS) is 16.3. The molecule has 160 valence electrons. The van der Waals surface area contributed by atoms with Crippen molar-refractivity contribution in [2.24, 2.45) is 4.99 Å². The summed E-state index contributed by atoms with van der Waals surface area (Å²) in [5.74, 6) is 0.953. The van der Waals surface area contributed by atoms with E-state index in [0.29, 0.717) is 12.1 Å². The molecule has 5 nitrogen and oxygen atoms in total. The molecule has 1 heterocycles. The summed E-state index contributed by atoms with van der Waals surface area (Å²) < 4.78 is 0. The molecule has 1 aliphatic heterocycles. The van der Waals surface area contributed by atoms with Crippen LogP contribution in [0.4, 0.5) is 0 Å². The van der Waals surface area contributed by atoms with Crippen LogP contribution in [0.1, 0.15) is 45.1 Å². The molecule has 1 aromatic carbocycles. The molecule has 0 bridgehead atoms. The van der Waals surface area contributed by atoms with Crippen LogP contribution in [0, 0.1) is 0 Å². The zero-order valence-corrected chi connectivity index (χ0v) is 20.5. The van der Waals surface area contributed by atoms with Crippen LogP contribution in [-0.4, -0.2) is 68.1 Å². The van der Waals surface area contributed by atoms with Gasteiger partial charge in [0, 0.05) is 45.3 Å². The van der Waals surface area contributed by atoms with Crippen LogP contribution in [0.15, 0.2) is 35.3 Å². The molecule has 6 heteroatoms. The molecule has 0 spiro atoms. The van der Waals surface area contributed by atoms with E-state index in [1.807, 2.05) is 7.05 Å². The van der Waals surface area contributed by atoms with Crippen LogP contribution >= 0.6 is 24.0 Å². The summed E-state index contributed by atoms with van der Waals surface area (Å²) in [4.78, 5) is 9.35. The molecule has 2 N–H and O–H groups in total. The minimum atomic E-state index is 0. The summed E-state index contributed by atoms with van der Waals surface area (Å²) in [5, 5.41) is 7.09. The number of piperidine rings is 1. The SMILES string of the molecule is CN=C(NCCCCN(C)C(C)C)NC1CCN(Cc2ccccc2)CC1.I. The molecular formula is C22H40IN5. The van der Waals surface area contributed by atoms with E-state index >= 15 is 0 Å². The van der Waals surface area contributed by atoms with Gasteiger partial charge in [0.1, 0.15) is 0 Å². The average Bonchev–Trinajstić information content (AvgIpc) is 2.68. The highest BCUT2D eigenvalue weighted by Crippen LogP contribution is 2.13. The third-order valence-corrected chi connectivity index (χ3v) is 5.51. The molecule has 0 amide bonds. The fourth-order valence-electron chi connectivity index (χ4n) is 3.42. The van der Waals surface area contributed by atoms with Crippen LogP contribution in [-0.2, 0) is 6.54 Å². The first-order chi connectivity index (χ1) is 13.1. The molecule has 0 saturated carbocycles. The molecular weight excluding hydrogens is 461 g/mol. The number of benzene rings is 1. The molecule has 28 heavy (non-hydrogen) atoms. The van der Waals surface area contributed by atoms with Crippen molar-refractivity contribution in [2.45, 2.75) is 58.2 Å². The molecule has 0 radical (unpaired) electrons. The third kappa shape index (κ3) is 9.56. The number of likely N-dealkylation sites (tertiary alicyclic amines) is 1.